The lowest BCUT2D eigenvalue weighted by atomic mass is 10.2. The van der Waals surface area contributed by atoms with Crippen LogP contribution in [0.3, 0.4) is 0 Å². The van der Waals surface area contributed by atoms with Crippen molar-refractivity contribution in [3.8, 4) is 0 Å². The molecule has 0 N–H and O–H groups in total. The fourth-order valence-corrected chi connectivity index (χ4v) is 2.32. The lowest BCUT2D eigenvalue weighted by molar-refractivity contribution is 0.0722. The summed E-state index contributed by atoms with van der Waals surface area (Å²) < 4.78 is 5.17. The minimum absolute atomic E-state index is 0.157. The van der Waals surface area contributed by atoms with Crippen LogP contribution in [0.2, 0.25) is 5.22 Å². The van der Waals surface area contributed by atoms with Crippen LogP contribution in [0.5, 0.6) is 0 Å². The maximum Gasteiger partial charge on any atom is 0.289 e. The number of benzene rings is 1. The van der Waals surface area contributed by atoms with Gasteiger partial charge < -0.3 is 9.32 Å². The fraction of sp³-hybridized carbons (Fsp3) is 0.214. The molecule has 0 fully saturated rings. The monoisotopic (exact) mass is 341 g/mol. The topological polar surface area (TPSA) is 33.5 Å². The molecule has 1 aromatic carbocycles. The molecule has 0 unspecified atom stereocenters. The van der Waals surface area contributed by atoms with E-state index in [-0.39, 0.29) is 16.9 Å². The molecule has 1 aromatic heterocycles. The van der Waals surface area contributed by atoms with E-state index >= 15 is 0 Å². The highest BCUT2D eigenvalue weighted by molar-refractivity contribution is 9.09. The quantitative estimate of drug-likeness (QED) is 0.770. The lowest BCUT2D eigenvalue weighted by Gasteiger charge is -2.20. The Hall–Kier alpha value is -1.26. The van der Waals surface area contributed by atoms with E-state index in [9.17, 15) is 4.79 Å². The zero-order valence-electron chi connectivity index (χ0n) is 10.2. The molecular formula is C14H13BrClNO2. The predicted octanol–water partition coefficient (Wildman–Crippen LogP) is 3.97. The maximum absolute atomic E-state index is 12.3. The highest BCUT2D eigenvalue weighted by Crippen LogP contribution is 2.16. The van der Waals surface area contributed by atoms with Crippen LogP contribution in [-0.4, -0.2) is 22.7 Å². The number of nitrogens with zero attached hydrogens (tertiary/aromatic N) is 1. The predicted molar refractivity (Wildman–Crippen MR) is 78.7 cm³/mol. The number of amides is 1. The van der Waals surface area contributed by atoms with Crippen LogP contribution in [0.1, 0.15) is 16.1 Å². The Morgan fingerprint density at radius 2 is 1.95 bits per heavy atom. The second kappa shape index (κ2) is 6.78. The first-order chi connectivity index (χ1) is 9.20. The first kappa shape index (κ1) is 14.2. The van der Waals surface area contributed by atoms with Gasteiger partial charge in [0.15, 0.2) is 11.0 Å². The highest BCUT2D eigenvalue weighted by Gasteiger charge is 2.18. The molecule has 100 valence electrons. The molecule has 0 aliphatic rings. The number of halogens is 2. The number of furan rings is 1. The second-order valence-corrected chi connectivity index (χ2v) is 5.17. The minimum Gasteiger partial charge on any atom is -0.440 e. The van der Waals surface area contributed by atoms with Crippen molar-refractivity contribution >= 4 is 33.4 Å². The number of hydrogen-bond acceptors (Lipinski definition) is 2. The van der Waals surface area contributed by atoms with Crippen molar-refractivity contribution in [2.75, 3.05) is 11.9 Å². The van der Waals surface area contributed by atoms with Crippen LogP contribution < -0.4 is 0 Å². The third kappa shape index (κ3) is 3.85. The van der Waals surface area contributed by atoms with Crippen LogP contribution in [0, 0.1) is 0 Å². The van der Waals surface area contributed by atoms with E-state index in [1.54, 1.807) is 17.0 Å². The summed E-state index contributed by atoms with van der Waals surface area (Å²) in [5.41, 5.74) is 1.08. The molecule has 1 amide bonds. The molecule has 0 radical (unpaired) electrons. The van der Waals surface area contributed by atoms with Gasteiger partial charge in [0.05, 0.1) is 0 Å². The average Bonchev–Trinajstić information content (AvgIpc) is 2.85. The largest absolute Gasteiger partial charge is 0.440 e. The highest BCUT2D eigenvalue weighted by atomic mass is 79.9. The van der Waals surface area contributed by atoms with Crippen LogP contribution in [0.4, 0.5) is 0 Å². The van der Waals surface area contributed by atoms with E-state index in [0.717, 1.165) is 5.56 Å². The van der Waals surface area contributed by atoms with E-state index in [0.29, 0.717) is 18.4 Å². The molecule has 0 aliphatic heterocycles. The molecule has 0 bridgehead atoms. The summed E-state index contributed by atoms with van der Waals surface area (Å²) in [6.07, 6.45) is 0. The Bertz CT molecular complexity index is 541. The molecule has 2 rings (SSSR count). The summed E-state index contributed by atoms with van der Waals surface area (Å²) in [4.78, 5) is 14.0. The number of hydrogen-bond donors (Lipinski definition) is 0. The smallest absolute Gasteiger partial charge is 0.289 e. The summed E-state index contributed by atoms with van der Waals surface area (Å²) in [6, 6.07) is 13.0. The van der Waals surface area contributed by atoms with E-state index in [4.69, 9.17) is 16.0 Å². The number of alkyl halides is 1. The molecule has 3 nitrogen and oxygen atoms in total. The van der Waals surface area contributed by atoms with Gasteiger partial charge in [-0.3, -0.25) is 4.79 Å². The molecule has 19 heavy (non-hydrogen) atoms. The van der Waals surface area contributed by atoms with Gasteiger partial charge >= 0.3 is 0 Å². The fourth-order valence-electron chi connectivity index (χ4n) is 1.74. The Morgan fingerprint density at radius 1 is 1.21 bits per heavy atom. The van der Waals surface area contributed by atoms with E-state index in [1.807, 2.05) is 30.3 Å². The van der Waals surface area contributed by atoms with Crippen molar-refractivity contribution in [1.82, 2.24) is 4.90 Å². The van der Waals surface area contributed by atoms with Crippen molar-refractivity contribution in [1.29, 1.82) is 0 Å². The molecule has 0 spiro atoms. The number of carbonyl (C=O) groups is 1. The zero-order valence-corrected chi connectivity index (χ0v) is 12.5. The number of carbonyl (C=O) groups excluding carboxylic acids is 1. The lowest BCUT2D eigenvalue weighted by Crippen LogP contribution is -2.31. The minimum atomic E-state index is -0.157. The summed E-state index contributed by atoms with van der Waals surface area (Å²) in [5, 5.41) is 0.932. The van der Waals surface area contributed by atoms with Gasteiger partial charge in [-0.05, 0) is 29.3 Å². The summed E-state index contributed by atoms with van der Waals surface area (Å²) in [5.74, 6) is 0.108. The maximum atomic E-state index is 12.3. The Morgan fingerprint density at radius 3 is 2.53 bits per heavy atom. The van der Waals surface area contributed by atoms with Gasteiger partial charge in [-0.25, -0.2) is 0 Å². The Kier molecular flexibility index (Phi) is 5.05. The molecule has 0 atom stereocenters. The normalized spacial score (nSPS) is 10.4. The molecule has 2 aromatic rings. The molecular weight excluding hydrogens is 330 g/mol. The average molecular weight is 343 g/mol. The van der Waals surface area contributed by atoms with E-state index in [1.165, 1.54) is 0 Å². The van der Waals surface area contributed by atoms with Gasteiger partial charge in [0.1, 0.15) is 0 Å². The number of rotatable bonds is 5. The molecule has 0 aliphatic carbocycles. The van der Waals surface area contributed by atoms with Crippen LogP contribution in [0.25, 0.3) is 0 Å². The van der Waals surface area contributed by atoms with E-state index < -0.39 is 0 Å². The van der Waals surface area contributed by atoms with Crippen LogP contribution in [-0.2, 0) is 6.54 Å². The van der Waals surface area contributed by atoms with Gasteiger partial charge in [0.25, 0.3) is 5.91 Å². The van der Waals surface area contributed by atoms with Gasteiger partial charge in [-0.15, -0.1) is 0 Å². The molecule has 0 saturated carbocycles. The van der Waals surface area contributed by atoms with Crippen LogP contribution >= 0.6 is 27.5 Å². The Labute approximate surface area is 125 Å². The molecule has 0 saturated heterocycles. The third-order valence-electron chi connectivity index (χ3n) is 2.64. The summed E-state index contributed by atoms with van der Waals surface area (Å²) in [7, 11) is 0. The standard InChI is InChI=1S/C14H13BrClNO2/c15-8-9-17(10-11-4-2-1-3-5-11)14(18)12-6-7-13(16)19-12/h1-7H,8-10H2. The first-order valence-electron chi connectivity index (χ1n) is 5.85. The zero-order chi connectivity index (χ0) is 13.7. The van der Waals surface area contributed by atoms with Crippen molar-refractivity contribution in [3.63, 3.8) is 0 Å². The molecule has 1 heterocycles. The Balaban J connectivity index is 2.13. The first-order valence-corrected chi connectivity index (χ1v) is 7.35. The molecule has 5 heteroatoms. The second-order valence-electron chi connectivity index (χ2n) is 4.01. The van der Waals surface area contributed by atoms with Gasteiger partial charge in [0.2, 0.25) is 0 Å². The summed E-state index contributed by atoms with van der Waals surface area (Å²) >= 11 is 9.06. The summed E-state index contributed by atoms with van der Waals surface area (Å²) in [6.45, 7) is 1.15. The van der Waals surface area contributed by atoms with Crippen molar-refractivity contribution < 1.29 is 9.21 Å². The third-order valence-corrected chi connectivity index (χ3v) is 3.20. The van der Waals surface area contributed by atoms with E-state index in [2.05, 4.69) is 15.9 Å². The van der Waals surface area contributed by atoms with Gasteiger partial charge in [-0.1, -0.05) is 46.3 Å². The van der Waals surface area contributed by atoms with Gasteiger partial charge in [0, 0.05) is 18.4 Å². The van der Waals surface area contributed by atoms with Crippen molar-refractivity contribution in [2.24, 2.45) is 0 Å². The van der Waals surface area contributed by atoms with Gasteiger partial charge in [-0.2, -0.15) is 0 Å². The van der Waals surface area contributed by atoms with Crippen molar-refractivity contribution in [2.45, 2.75) is 6.54 Å². The van der Waals surface area contributed by atoms with Crippen molar-refractivity contribution in [3.05, 3.63) is 59.0 Å². The van der Waals surface area contributed by atoms with Crippen LogP contribution in [0.15, 0.2) is 46.9 Å². The SMILES string of the molecule is O=C(c1ccc(Cl)o1)N(CCBr)Cc1ccccc1.